The molecule has 1 aliphatic rings. The van der Waals surface area contributed by atoms with Crippen LogP contribution in [0.25, 0.3) is 0 Å². The van der Waals surface area contributed by atoms with E-state index in [4.69, 9.17) is 0 Å². The molecular weight excluding hydrogens is 323 g/mol. The van der Waals surface area contributed by atoms with Crippen molar-refractivity contribution in [2.75, 3.05) is 37.6 Å². The summed E-state index contributed by atoms with van der Waals surface area (Å²) in [6, 6.07) is 3.69. The number of aromatic nitrogens is 1. The van der Waals surface area contributed by atoms with Crippen LogP contribution in [0, 0.1) is 0 Å². The molecule has 7 heteroatoms. The lowest BCUT2D eigenvalue weighted by Gasteiger charge is -2.29. The average molecular weight is 349 g/mol. The van der Waals surface area contributed by atoms with Gasteiger partial charge in [0.25, 0.3) is 5.91 Å². The van der Waals surface area contributed by atoms with Crippen LogP contribution in [0.3, 0.4) is 0 Å². The number of pyridine rings is 1. The molecule has 1 fully saturated rings. The molecule has 0 aliphatic carbocycles. The average Bonchev–Trinajstić information content (AvgIpc) is 2.52. The Hall–Kier alpha value is -1.04. The highest BCUT2D eigenvalue weighted by atomic mass is 35.5. The van der Waals surface area contributed by atoms with Gasteiger partial charge in [-0.2, -0.15) is 0 Å². The number of hydrogen-bond acceptors (Lipinski definition) is 4. The Kier molecular flexibility index (Phi) is 11.0. The van der Waals surface area contributed by atoms with Crippen molar-refractivity contribution in [1.29, 1.82) is 0 Å². The van der Waals surface area contributed by atoms with Gasteiger partial charge in [0.1, 0.15) is 5.82 Å². The zero-order chi connectivity index (χ0) is 14.2. The predicted octanol–water partition coefficient (Wildman–Crippen LogP) is 2.25. The second-order valence-corrected chi connectivity index (χ2v) is 5.03. The fraction of sp³-hybridized carbons (Fsp3) is 0.600. The first-order chi connectivity index (χ1) is 9.83. The molecule has 1 amide bonds. The summed E-state index contributed by atoms with van der Waals surface area (Å²) in [6.45, 7) is 6.39. The summed E-state index contributed by atoms with van der Waals surface area (Å²) in [4.78, 5) is 18.9. The highest BCUT2D eigenvalue weighted by Crippen LogP contribution is 2.21. The zero-order valence-electron chi connectivity index (χ0n) is 13.0. The molecule has 2 N–H and O–H groups in total. The second kappa shape index (κ2) is 11.5. The Morgan fingerprint density at radius 1 is 1.23 bits per heavy atom. The van der Waals surface area contributed by atoms with Crippen LogP contribution in [0.5, 0.6) is 0 Å². The molecule has 0 spiro atoms. The molecule has 0 radical (unpaired) electrons. The van der Waals surface area contributed by atoms with Crippen LogP contribution in [0.15, 0.2) is 18.3 Å². The largest absolute Gasteiger partial charge is 0.356 e. The van der Waals surface area contributed by atoms with Gasteiger partial charge >= 0.3 is 0 Å². The van der Waals surface area contributed by atoms with Crippen LogP contribution in [0.1, 0.15) is 36.5 Å². The summed E-state index contributed by atoms with van der Waals surface area (Å²) in [5.74, 6) is 0.796. The number of rotatable bonds is 6. The van der Waals surface area contributed by atoms with Crippen molar-refractivity contribution in [3.8, 4) is 0 Å². The second-order valence-electron chi connectivity index (χ2n) is 5.03. The maximum atomic E-state index is 12.3. The SMILES string of the molecule is CCNCCNC(=O)c1cccnc1N1CCCCC1.Cl.Cl. The molecule has 2 rings (SSSR count). The van der Waals surface area contributed by atoms with E-state index in [0.717, 1.165) is 32.0 Å². The molecule has 0 aromatic carbocycles. The number of likely N-dealkylation sites (N-methyl/N-ethyl adjacent to an activating group) is 1. The number of halogens is 2. The lowest BCUT2D eigenvalue weighted by molar-refractivity contribution is 0.0954. The van der Waals surface area contributed by atoms with Gasteiger partial charge in [-0.25, -0.2) is 4.98 Å². The van der Waals surface area contributed by atoms with E-state index in [9.17, 15) is 4.79 Å². The fourth-order valence-electron chi connectivity index (χ4n) is 2.47. The molecule has 1 aromatic rings. The smallest absolute Gasteiger partial charge is 0.255 e. The molecule has 0 bridgehead atoms. The molecule has 1 aromatic heterocycles. The van der Waals surface area contributed by atoms with E-state index in [1.54, 1.807) is 6.20 Å². The third kappa shape index (κ3) is 5.99. The van der Waals surface area contributed by atoms with Crippen molar-refractivity contribution in [2.45, 2.75) is 26.2 Å². The molecule has 22 heavy (non-hydrogen) atoms. The van der Waals surface area contributed by atoms with Gasteiger partial charge in [0.15, 0.2) is 0 Å². The van der Waals surface area contributed by atoms with Crippen molar-refractivity contribution in [2.24, 2.45) is 0 Å². The highest BCUT2D eigenvalue weighted by Gasteiger charge is 2.19. The normalized spacial score (nSPS) is 13.8. The lowest BCUT2D eigenvalue weighted by Crippen LogP contribution is -2.35. The standard InChI is InChI=1S/C15H24N4O.2ClH/c1-2-16-9-10-18-15(20)13-7-6-8-17-14(13)19-11-4-3-5-12-19;;/h6-8,16H,2-5,9-12H2,1H3,(H,18,20);2*1H. The number of anilines is 1. The lowest BCUT2D eigenvalue weighted by atomic mass is 10.1. The van der Waals surface area contributed by atoms with Crippen LogP contribution in [0.2, 0.25) is 0 Å². The third-order valence-corrected chi connectivity index (χ3v) is 3.52. The molecule has 0 saturated carbocycles. The van der Waals surface area contributed by atoms with Gasteiger partial charge in [0.2, 0.25) is 0 Å². The van der Waals surface area contributed by atoms with Crippen LogP contribution >= 0.6 is 24.8 Å². The topological polar surface area (TPSA) is 57.3 Å². The summed E-state index contributed by atoms with van der Waals surface area (Å²) in [7, 11) is 0. The van der Waals surface area contributed by atoms with Crippen molar-refractivity contribution >= 4 is 36.5 Å². The summed E-state index contributed by atoms with van der Waals surface area (Å²) in [5.41, 5.74) is 0.686. The van der Waals surface area contributed by atoms with E-state index in [0.29, 0.717) is 12.1 Å². The zero-order valence-corrected chi connectivity index (χ0v) is 14.6. The van der Waals surface area contributed by atoms with Crippen molar-refractivity contribution in [1.82, 2.24) is 15.6 Å². The summed E-state index contributed by atoms with van der Waals surface area (Å²) in [6.07, 6.45) is 5.39. The van der Waals surface area contributed by atoms with Crippen LogP contribution in [0.4, 0.5) is 5.82 Å². The number of carbonyl (C=O) groups is 1. The third-order valence-electron chi connectivity index (χ3n) is 3.52. The van der Waals surface area contributed by atoms with Crippen LogP contribution in [-0.2, 0) is 0 Å². The molecule has 2 heterocycles. The van der Waals surface area contributed by atoms with E-state index < -0.39 is 0 Å². The van der Waals surface area contributed by atoms with Gasteiger partial charge in [-0.15, -0.1) is 24.8 Å². The van der Waals surface area contributed by atoms with E-state index >= 15 is 0 Å². The summed E-state index contributed by atoms with van der Waals surface area (Å²) < 4.78 is 0. The number of nitrogens with one attached hydrogen (secondary N) is 2. The van der Waals surface area contributed by atoms with Gasteiger partial charge < -0.3 is 15.5 Å². The van der Waals surface area contributed by atoms with Gasteiger partial charge in [-0.1, -0.05) is 6.92 Å². The molecule has 0 unspecified atom stereocenters. The van der Waals surface area contributed by atoms with Gasteiger partial charge in [-0.3, -0.25) is 4.79 Å². The molecule has 1 aliphatic heterocycles. The van der Waals surface area contributed by atoms with E-state index in [2.05, 4.69) is 27.4 Å². The Morgan fingerprint density at radius 3 is 2.64 bits per heavy atom. The quantitative estimate of drug-likeness (QED) is 0.774. The number of nitrogens with zero attached hydrogens (tertiary/aromatic N) is 2. The number of piperidine rings is 1. The van der Waals surface area contributed by atoms with Crippen LogP contribution < -0.4 is 15.5 Å². The van der Waals surface area contributed by atoms with Crippen molar-refractivity contribution < 1.29 is 4.79 Å². The number of amides is 1. The maximum absolute atomic E-state index is 12.3. The maximum Gasteiger partial charge on any atom is 0.255 e. The first-order valence-corrected chi connectivity index (χ1v) is 7.52. The Balaban J connectivity index is 0.00000220. The molecule has 126 valence electrons. The minimum Gasteiger partial charge on any atom is -0.356 e. The first-order valence-electron chi connectivity index (χ1n) is 7.52. The predicted molar refractivity (Wildman–Crippen MR) is 95.7 cm³/mol. The fourth-order valence-corrected chi connectivity index (χ4v) is 2.47. The van der Waals surface area contributed by atoms with E-state index in [1.165, 1.54) is 19.3 Å². The van der Waals surface area contributed by atoms with Gasteiger partial charge in [0.05, 0.1) is 5.56 Å². The van der Waals surface area contributed by atoms with Crippen molar-refractivity contribution in [3.05, 3.63) is 23.9 Å². The number of hydrogen-bond donors (Lipinski definition) is 2. The Bertz CT molecular complexity index is 439. The Labute approximate surface area is 145 Å². The first kappa shape index (κ1) is 21.0. The van der Waals surface area contributed by atoms with Crippen molar-refractivity contribution in [3.63, 3.8) is 0 Å². The van der Waals surface area contributed by atoms with E-state index in [1.807, 2.05) is 12.1 Å². The summed E-state index contributed by atoms with van der Waals surface area (Å²) in [5, 5.41) is 6.14. The minimum absolute atomic E-state index is 0. The minimum atomic E-state index is -0.0309. The molecular formula is C15H26Cl2N4O. The molecule has 5 nitrogen and oxygen atoms in total. The monoisotopic (exact) mass is 348 g/mol. The highest BCUT2D eigenvalue weighted by molar-refractivity contribution is 5.98. The van der Waals surface area contributed by atoms with E-state index in [-0.39, 0.29) is 30.7 Å². The summed E-state index contributed by atoms with van der Waals surface area (Å²) >= 11 is 0. The van der Waals surface area contributed by atoms with Gasteiger partial charge in [0, 0.05) is 32.4 Å². The number of carbonyl (C=O) groups excluding carboxylic acids is 1. The Morgan fingerprint density at radius 2 is 1.95 bits per heavy atom. The van der Waals surface area contributed by atoms with Gasteiger partial charge in [-0.05, 0) is 37.9 Å². The molecule has 1 saturated heterocycles. The van der Waals surface area contributed by atoms with Crippen LogP contribution in [-0.4, -0.2) is 43.6 Å². The molecule has 0 atom stereocenters.